The van der Waals surface area contributed by atoms with Crippen LogP contribution in [0.4, 0.5) is 14.5 Å². The molecule has 2 aliphatic rings. The summed E-state index contributed by atoms with van der Waals surface area (Å²) >= 11 is 12.1. The van der Waals surface area contributed by atoms with Gasteiger partial charge in [-0.1, -0.05) is 89.9 Å². The van der Waals surface area contributed by atoms with Crippen LogP contribution in [0, 0.1) is 0 Å². The molecule has 0 radical (unpaired) electrons. The number of carbonyl (C=O) groups excluding carboxylic acids is 6. The Morgan fingerprint density at radius 1 is 0.877 bits per heavy atom. The van der Waals surface area contributed by atoms with Crippen molar-refractivity contribution in [3.05, 3.63) is 140 Å². The van der Waals surface area contributed by atoms with E-state index in [2.05, 4.69) is 10.6 Å². The van der Waals surface area contributed by atoms with Crippen LogP contribution in [0.2, 0.25) is 10.0 Å². The van der Waals surface area contributed by atoms with Gasteiger partial charge in [-0.3, -0.25) is 37.7 Å². The molecule has 0 bridgehead atoms. The lowest BCUT2D eigenvalue weighted by molar-refractivity contribution is -0.128. The molecule has 20 heteroatoms. The number of ether oxygens (including phenoxy) is 2. The van der Waals surface area contributed by atoms with Crippen molar-refractivity contribution in [2.45, 2.75) is 69.7 Å². The first-order chi connectivity index (χ1) is 30.9. The first-order valence-corrected chi connectivity index (χ1v) is 22.4. The predicted octanol–water partition coefficient (Wildman–Crippen LogP) is 7.46. The number of para-hydroxylation sites is 1. The zero-order valence-electron chi connectivity index (χ0n) is 34.9. The summed E-state index contributed by atoms with van der Waals surface area (Å²) in [5.41, 5.74) is 2.52. The fourth-order valence-electron chi connectivity index (χ4n) is 7.24. The lowest BCUT2D eigenvalue weighted by atomic mass is 10.0. The van der Waals surface area contributed by atoms with Gasteiger partial charge < -0.3 is 25.8 Å². The maximum atomic E-state index is 16.3. The van der Waals surface area contributed by atoms with Crippen molar-refractivity contribution >= 4 is 77.6 Å². The number of hydrogen-bond acceptors (Lipinski definition) is 11. The van der Waals surface area contributed by atoms with E-state index < -0.39 is 86.1 Å². The Morgan fingerprint density at radius 2 is 1.45 bits per heavy atom. The molecular weight excluding hydrogens is 912 g/mol. The van der Waals surface area contributed by atoms with E-state index in [1.165, 1.54) is 66.4 Å². The molecule has 2 unspecified atom stereocenters. The quantitative estimate of drug-likeness (QED) is 0.0386. The van der Waals surface area contributed by atoms with E-state index in [-0.39, 0.29) is 46.0 Å². The number of esters is 2. The van der Waals surface area contributed by atoms with Crippen LogP contribution >= 0.6 is 30.8 Å². The first kappa shape index (κ1) is 48.5. The smallest absolute Gasteiger partial charge is 0.410 e. The Kier molecular flexibility index (Phi) is 15.6. The number of nitrogens with zero attached hydrogens (tertiary/aromatic N) is 1. The van der Waals surface area contributed by atoms with Gasteiger partial charge in [0.1, 0.15) is 12.1 Å². The number of hydrogen-bond donors (Lipinski definition) is 3. The van der Waals surface area contributed by atoms with Gasteiger partial charge in [-0.2, -0.15) is 8.78 Å². The molecule has 0 saturated heterocycles. The van der Waals surface area contributed by atoms with E-state index in [4.69, 9.17) is 47.5 Å². The fourth-order valence-corrected chi connectivity index (χ4v) is 8.91. The number of benzene rings is 4. The summed E-state index contributed by atoms with van der Waals surface area (Å²) in [6, 6.07) is 18.9. The number of nitrogens with one attached hydrogen (secondary N) is 2. The summed E-state index contributed by atoms with van der Waals surface area (Å²) in [6.45, 7) is 0.686. The van der Waals surface area contributed by atoms with Crippen molar-refractivity contribution in [1.82, 2.24) is 10.6 Å². The van der Waals surface area contributed by atoms with E-state index in [1.807, 2.05) is 18.2 Å². The SMILES string of the molecule is C/C(=C\C(=O)N[C@H]1CCc2cccc3c2N(C1=O)C(C(=O)NC(C)CCC(N)=O)C3)c1ccc(C(F)(F)P(=O)(OCOC(=O)c2ccccc2Cl)OCOC(=O)c2ccccc2Cl)cc1. The number of carbonyl (C=O) groups is 6. The van der Waals surface area contributed by atoms with Crippen LogP contribution in [0.1, 0.15) is 76.1 Å². The second-order valence-corrected chi connectivity index (χ2v) is 18.0. The lowest BCUT2D eigenvalue weighted by Crippen LogP contribution is -2.55. The maximum Gasteiger partial charge on any atom is 0.410 e. The highest BCUT2D eigenvalue weighted by atomic mass is 35.5. The Labute approximate surface area is 382 Å². The molecule has 0 fully saturated rings. The highest BCUT2D eigenvalue weighted by Crippen LogP contribution is 2.67. The summed E-state index contributed by atoms with van der Waals surface area (Å²) < 4.78 is 66.2. The minimum atomic E-state index is -5.72. The van der Waals surface area contributed by atoms with Crippen molar-refractivity contribution in [2.75, 3.05) is 18.5 Å². The Bertz CT molecular complexity index is 2510. The number of halogens is 4. The van der Waals surface area contributed by atoms with Gasteiger partial charge in [0.05, 0.1) is 26.9 Å². The molecule has 0 aliphatic carbocycles. The topological polar surface area (TPSA) is 210 Å². The third-order valence-electron chi connectivity index (χ3n) is 10.6. The van der Waals surface area contributed by atoms with Crippen LogP contribution in [0.3, 0.4) is 0 Å². The van der Waals surface area contributed by atoms with Crippen molar-refractivity contribution in [3.63, 3.8) is 0 Å². The van der Waals surface area contributed by atoms with Crippen LogP contribution in [0.5, 0.6) is 0 Å². The van der Waals surface area contributed by atoms with E-state index in [1.54, 1.807) is 19.1 Å². The average molecular weight is 956 g/mol. The highest BCUT2D eigenvalue weighted by molar-refractivity contribution is 7.54. The summed E-state index contributed by atoms with van der Waals surface area (Å²) in [7, 11) is -5.72. The molecule has 2 heterocycles. The number of anilines is 1. The van der Waals surface area contributed by atoms with E-state index >= 15 is 8.78 Å². The minimum absolute atomic E-state index is 0.00858. The third-order valence-corrected chi connectivity index (χ3v) is 13.1. The molecule has 15 nitrogen and oxygen atoms in total. The second kappa shape index (κ2) is 20.9. The van der Waals surface area contributed by atoms with Crippen molar-refractivity contribution in [2.24, 2.45) is 5.73 Å². The lowest BCUT2D eigenvalue weighted by Gasteiger charge is -2.28. The molecule has 4 aromatic carbocycles. The minimum Gasteiger partial charge on any atom is -0.434 e. The largest absolute Gasteiger partial charge is 0.434 e. The van der Waals surface area contributed by atoms with Gasteiger partial charge in [0.15, 0.2) is 0 Å². The Hall–Kier alpha value is -5.97. The van der Waals surface area contributed by atoms with Gasteiger partial charge in [0.2, 0.25) is 37.2 Å². The van der Waals surface area contributed by atoms with Crippen LogP contribution < -0.4 is 21.3 Å². The van der Waals surface area contributed by atoms with Gasteiger partial charge in [-0.05, 0) is 79.6 Å². The van der Waals surface area contributed by atoms with Crippen LogP contribution in [0.15, 0.2) is 97.1 Å². The Morgan fingerprint density at radius 3 is 2.02 bits per heavy atom. The van der Waals surface area contributed by atoms with Gasteiger partial charge in [0.25, 0.3) is 0 Å². The first-order valence-electron chi connectivity index (χ1n) is 20.1. The number of alkyl halides is 2. The number of aryl methyl sites for hydroxylation is 1. The number of amides is 4. The molecule has 0 spiro atoms. The summed E-state index contributed by atoms with van der Waals surface area (Å²) in [5, 5.41) is 5.58. The Balaban J connectivity index is 1.15. The molecule has 4 amide bonds. The van der Waals surface area contributed by atoms with Crippen molar-refractivity contribution in [1.29, 1.82) is 0 Å². The third kappa shape index (κ3) is 11.3. The molecule has 2 aliphatic heterocycles. The van der Waals surface area contributed by atoms with Gasteiger partial charge in [-0.25, -0.2) is 9.59 Å². The van der Waals surface area contributed by atoms with Crippen LogP contribution in [0.25, 0.3) is 5.57 Å². The molecule has 6 rings (SSSR count). The van der Waals surface area contributed by atoms with Crippen LogP contribution in [-0.4, -0.2) is 67.3 Å². The molecule has 3 atom stereocenters. The average Bonchev–Trinajstić information content (AvgIpc) is 3.61. The van der Waals surface area contributed by atoms with Gasteiger partial charge in [-0.15, -0.1) is 0 Å². The molecule has 4 N–H and O–H groups in total. The predicted molar refractivity (Wildman–Crippen MR) is 235 cm³/mol. The molecule has 342 valence electrons. The molecular formula is C45H43Cl2F2N4O11P. The van der Waals surface area contributed by atoms with Crippen molar-refractivity contribution in [3.8, 4) is 0 Å². The maximum absolute atomic E-state index is 16.3. The summed E-state index contributed by atoms with van der Waals surface area (Å²) in [4.78, 5) is 79.0. The number of primary amides is 1. The summed E-state index contributed by atoms with van der Waals surface area (Å²) in [6.07, 6.45) is 2.45. The van der Waals surface area contributed by atoms with Gasteiger partial charge >= 0.3 is 25.2 Å². The highest BCUT2D eigenvalue weighted by Gasteiger charge is 2.56. The second-order valence-electron chi connectivity index (χ2n) is 15.1. The normalized spacial score (nSPS) is 16.5. The molecule has 0 aromatic heterocycles. The van der Waals surface area contributed by atoms with E-state index in [9.17, 15) is 33.3 Å². The monoisotopic (exact) mass is 954 g/mol. The number of rotatable bonds is 18. The number of nitrogens with two attached hydrogens (primary N) is 1. The molecule has 0 saturated carbocycles. The van der Waals surface area contributed by atoms with E-state index in [0.29, 0.717) is 24.1 Å². The zero-order valence-corrected chi connectivity index (χ0v) is 37.3. The fraction of sp³-hybridized carbons (Fsp3) is 0.289. The molecule has 65 heavy (non-hydrogen) atoms. The standard InChI is InChI=1S/C45H43Cl2F2N4O11P/c1-26(22-39(55)52-36-20-17-29-8-7-9-30-23-37(53(40(29)30)42(36)57)41(56)51-27(2)14-21-38(50)54)28-15-18-31(19-16-28)45(48,49)65(60,63-24-61-43(58)32-10-3-5-12-34(32)46)64-25-62-44(59)33-11-4-6-13-35(33)47/h3-13,15-16,18-19,22,27,36-37H,14,17,20-21,23-25H2,1-2H3,(H2,50,54)(H,51,56)(H,52,55)/b26-22+/t27?,36-,37?/m0/s1. The zero-order chi connectivity index (χ0) is 47.1. The van der Waals surface area contributed by atoms with Crippen LogP contribution in [-0.2, 0) is 60.8 Å². The number of allylic oxidation sites excluding steroid dienone is 1. The summed E-state index contributed by atoms with van der Waals surface area (Å²) in [5.74, 6) is -4.25. The molecule has 4 aromatic rings. The van der Waals surface area contributed by atoms with Gasteiger partial charge in [0, 0.05) is 30.5 Å². The van der Waals surface area contributed by atoms with E-state index in [0.717, 1.165) is 23.3 Å². The van der Waals surface area contributed by atoms with Crippen molar-refractivity contribution < 1.29 is 60.6 Å².